The lowest BCUT2D eigenvalue weighted by molar-refractivity contribution is -0.120. The summed E-state index contributed by atoms with van der Waals surface area (Å²) in [4.78, 5) is 11.4. The number of carbonyl (C=O) groups is 1. The molecular formula is C12H16Cl2N2O. The number of nitrogens with two attached hydrogens (primary N) is 1. The lowest BCUT2D eigenvalue weighted by Gasteiger charge is -2.20. The van der Waals surface area contributed by atoms with Crippen molar-refractivity contribution in [3.05, 3.63) is 33.8 Å². The summed E-state index contributed by atoms with van der Waals surface area (Å²) in [7, 11) is 0. The predicted molar refractivity (Wildman–Crippen MR) is 71.3 cm³/mol. The highest BCUT2D eigenvalue weighted by atomic mass is 35.5. The fourth-order valence-corrected chi connectivity index (χ4v) is 1.74. The van der Waals surface area contributed by atoms with E-state index in [1.54, 1.807) is 18.2 Å². The molecule has 0 bridgehead atoms. The van der Waals surface area contributed by atoms with Crippen molar-refractivity contribution in [2.75, 3.05) is 0 Å². The Morgan fingerprint density at radius 1 is 1.41 bits per heavy atom. The van der Waals surface area contributed by atoms with Crippen LogP contribution in [0.25, 0.3) is 0 Å². The van der Waals surface area contributed by atoms with Gasteiger partial charge in [-0.1, -0.05) is 36.2 Å². The third-order valence-corrected chi connectivity index (χ3v) is 3.36. The molecule has 17 heavy (non-hydrogen) atoms. The van der Waals surface area contributed by atoms with E-state index in [2.05, 4.69) is 5.32 Å². The highest BCUT2D eigenvalue weighted by Gasteiger charge is 2.19. The molecule has 0 saturated heterocycles. The van der Waals surface area contributed by atoms with Crippen molar-refractivity contribution in [3.63, 3.8) is 0 Å². The monoisotopic (exact) mass is 274 g/mol. The smallest absolute Gasteiger partial charge is 0.239 e. The van der Waals surface area contributed by atoms with Crippen LogP contribution in [0.1, 0.15) is 31.9 Å². The lowest BCUT2D eigenvalue weighted by atomic mass is 10.0. The van der Waals surface area contributed by atoms with Gasteiger partial charge in [-0.2, -0.15) is 0 Å². The molecule has 0 aliphatic rings. The van der Waals surface area contributed by atoms with Crippen LogP contribution in [0.3, 0.4) is 0 Å². The molecular weight excluding hydrogens is 259 g/mol. The normalized spacial score (nSPS) is 14.4. The Morgan fingerprint density at radius 2 is 2.06 bits per heavy atom. The minimum Gasteiger partial charge on any atom is -0.368 e. The Kier molecular flexibility index (Phi) is 5.25. The van der Waals surface area contributed by atoms with E-state index in [0.29, 0.717) is 10.0 Å². The van der Waals surface area contributed by atoms with Gasteiger partial charge in [0.15, 0.2) is 0 Å². The van der Waals surface area contributed by atoms with Crippen molar-refractivity contribution in [2.45, 2.75) is 32.4 Å². The summed E-state index contributed by atoms with van der Waals surface area (Å²) in [6.07, 6.45) is 0.908. The highest BCUT2D eigenvalue weighted by molar-refractivity contribution is 6.42. The first kappa shape index (κ1) is 14.3. The van der Waals surface area contributed by atoms with Crippen molar-refractivity contribution in [2.24, 2.45) is 5.73 Å². The molecule has 0 aromatic heterocycles. The average Bonchev–Trinajstić information content (AvgIpc) is 2.29. The van der Waals surface area contributed by atoms with Crippen molar-refractivity contribution in [3.8, 4) is 0 Å². The first-order valence-corrected chi connectivity index (χ1v) is 6.21. The molecule has 0 fully saturated rings. The third kappa shape index (κ3) is 3.87. The molecule has 0 aliphatic heterocycles. The maximum atomic E-state index is 11.4. The second-order valence-electron chi connectivity index (χ2n) is 3.98. The first-order chi connectivity index (χ1) is 7.95. The van der Waals surface area contributed by atoms with Crippen LogP contribution in [0, 0.1) is 0 Å². The van der Waals surface area contributed by atoms with E-state index in [0.717, 1.165) is 12.0 Å². The van der Waals surface area contributed by atoms with Gasteiger partial charge in [0, 0.05) is 6.04 Å². The molecule has 1 amide bonds. The van der Waals surface area contributed by atoms with Crippen molar-refractivity contribution < 1.29 is 4.79 Å². The van der Waals surface area contributed by atoms with Crippen LogP contribution in [0.5, 0.6) is 0 Å². The SMILES string of the molecule is CCC(C)NC(C(N)=O)c1ccc(Cl)c(Cl)c1. The number of rotatable bonds is 5. The van der Waals surface area contributed by atoms with Gasteiger partial charge < -0.3 is 5.73 Å². The molecule has 1 aromatic carbocycles. The number of halogens is 2. The zero-order valence-corrected chi connectivity index (χ0v) is 11.3. The largest absolute Gasteiger partial charge is 0.368 e. The summed E-state index contributed by atoms with van der Waals surface area (Å²) in [6.45, 7) is 4.03. The van der Waals surface area contributed by atoms with Gasteiger partial charge in [-0.3, -0.25) is 10.1 Å². The minimum absolute atomic E-state index is 0.196. The fraction of sp³-hybridized carbons (Fsp3) is 0.417. The van der Waals surface area contributed by atoms with Gasteiger partial charge >= 0.3 is 0 Å². The summed E-state index contributed by atoms with van der Waals surface area (Å²) >= 11 is 11.8. The number of hydrogen-bond donors (Lipinski definition) is 2. The van der Waals surface area contributed by atoms with Crippen LogP contribution in [0.15, 0.2) is 18.2 Å². The van der Waals surface area contributed by atoms with Crippen LogP contribution in [-0.4, -0.2) is 11.9 Å². The molecule has 2 atom stereocenters. The molecule has 0 radical (unpaired) electrons. The van der Waals surface area contributed by atoms with Crippen LogP contribution >= 0.6 is 23.2 Å². The van der Waals surface area contributed by atoms with Crippen molar-refractivity contribution in [1.82, 2.24) is 5.32 Å². The van der Waals surface area contributed by atoms with E-state index in [-0.39, 0.29) is 6.04 Å². The van der Waals surface area contributed by atoms with Crippen LogP contribution < -0.4 is 11.1 Å². The van der Waals surface area contributed by atoms with Gasteiger partial charge in [-0.05, 0) is 31.0 Å². The van der Waals surface area contributed by atoms with Crippen LogP contribution in [0.2, 0.25) is 10.0 Å². The predicted octanol–water partition coefficient (Wildman–Crippen LogP) is 2.91. The highest BCUT2D eigenvalue weighted by Crippen LogP contribution is 2.25. The van der Waals surface area contributed by atoms with Gasteiger partial charge in [-0.25, -0.2) is 0 Å². The van der Waals surface area contributed by atoms with E-state index >= 15 is 0 Å². The molecule has 2 unspecified atom stereocenters. The van der Waals surface area contributed by atoms with Crippen molar-refractivity contribution in [1.29, 1.82) is 0 Å². The molecule has 1 rings (SSSR count). The Morgan fingerprint density at radius 3 is 2.53 bits per heavy atom. The molecule has 0 heterocycles. The number of amides is 1. The Balaban J connectivity index is 2.97. The Labute approximate surface area is 111 Å². The van der Waals surface area contributed by atoms with E-state index in [9.17, 15) is 4.79 Å². The maximum absolute atomic E-state index is 11.4. The summed E-state index contributed by atoms with van der Waals surface area (Å²) in [5, 5.41) is 4.03. The summed E-state index contributed by atoms with van der Waals surface area (Å²) < 4.78 is 0. The van der Waals surface area contributed by atoms with Gasteiger partial charge in [0.2, 0.25) is 5.91 Å². The molecule has 3 N–H and O–H groups in total. The third-order valence-electron chi connectivity index (χ3n) is 2.63. The van der Waals surface area contributed by atoms with E-state index < -0.39 is 11.9 Å². The van der Waals surface area contributed by atoms with Gasteiger partial charge in [-0.15, -0.1) is 0 Å². The van der Waals surface area contributed by atoms with E-state index in [4.69, 9.17) is 28.9 Å². The number of nitrogens with one attached hydrogen (secondary N) is 1. The second kappa shape index (κ2) is 6.24. The molecule has 5 heteroatoms. The Bertz CT molecular complexity index is 409. The van der Waals surface area contributed by atoms with Crippen LogP contribution in [0.4, 0.5) is 0 Å². The number of benzene rings is 1. The lowest BCUT2D eigenvalue weighted by Crippen LogP contribution is -2.38. The fourth-order valence-electron chi connectivity index (χ4n) is 1.44. The quantitative estimate of drug-likeness (QED) is 0.868. The standard InChI is InChI=1S/C12H16Cl2N2O/c1-3-7(2)16-11(12(15)17)8-4-5-9(13)10(14)6-8/h4-7,11,16H,3H2,1-2H3,(H2,15,17). The maximum Gasteiger partial charge on any atom is 0.239 e. The van der Waals surface area contributed by atoms with E-state index in [1.807, 2.05) is 13.8 Å². The van der Waals surface area contributed by atoms with E-state index in [1.165, 1.54) is 0 Å². The second-order valence-corrected chi connectivity index (χ2v) is 4.80. The first-order valence-electron chi connectivity index (χ1n) is 5.46. The summed E-state index contributed by atoms with van der Waals surface area (Å²) in [5.74, 6) is -0.427. The Hall–Kier alpha value is -0.770. The zero-order chi connectivity index (χ0) is 13.0. The number of hydrogen-bond acceptors (Lipinski definition) is 2. The van der Waals surface area contributed by atoms with Gasteiger partial charge in [0.05, 0.1) is 10.0 Å². The number of carbonyl (C=O) groups excluding carboxylic acids is 1. The number of primary amides is 1. The average molecular weight is 275 g/mol. The minimum atomic E-state index is -0.542. The molecule has 0 aliphatic carbocycles. The van der Waals surface area contributed by atoms with Gasteiger partial charge in [0.1, 0.15) is 6.04 Å². The van der Waals surface area contributed by atoms with Crippen LogP contribution in [-0.2, 0) is 4.79 Å². The van der Waals surface area contributed by atoms with Gasteiger partial charge in [0.25, 0.3) is 0 Å². The van der Waals surface area contributed by atoms with Crippen molar-refractivity contribution >= 4 is 29.1 Å². The molecule has 3 nitrogen and oxygen atoms in total. The molecule has 1 aromatic rings. The molecule has 94 valence electrons. The topological polar surface area (TPSA) is 55.1 Å². The zero-order valence-electron chi connectivity index (χ0n) is 9.84. The summed E-state index contributed by atoms with van der Waals surface area (Å²) in [5.41, 5.74) is 6.11. The molecule has 0 saturated carbocycles. The summed E-state index contributed by atoms with van der Waals surface area (Å²) in [6, 6.07) is 4.72. The molecule has 0 spiro atoms.